The van der Waals surface area contributed by atoms with E-state index >= 15 is 0 Å². The van der Waals surface area contributed by atoms with Crippen molar-refractivity contribution in [3.63, 3.8) is 0 Å². The van der Waals surface area contributed by atoms with E-state index in [0.717, 1.165) is 33.7 Å². The van der Waals surface area contributed by atoms with E-state index in [1.165, 1.54) is 0 Å². The lowest BCUT2D eigenvalue weighted by molar-refractivity contribution is -0.142. The van der Waals surface area contributed by atoms with Gasteiger partial charge in [0.15, 0.2) is 0 Å². The molecular weight excluding hydrogens is 398 g/mol. The minimum atomic E-state index is -1.02. The first-order valence-electron chi connectivity index (χ1n) is 10.3. The van der Waals surface area contributed by atoms with Gasteiger partial charge < -0.3 is 10.2 Å². The molecule has 4 amide bonds. The van der Waals surface area contributed by atoms with E-state index in [1.54, 1.807) is 16.2 Å². The molecule has 1 aromatic heterocycles. The maximum absolute atomic E-state index is 13.4. The molecule has 6 nitrogen and oxygen atoms in total. The van der Waals surface area contributed by atoms with E-state index in [-0.39, 0.29) is 18.4 Å². The second kappa shape index (κ2) is 7.54. The van der Waals surface area contributed by atoms with Crippen LogP contribution in [0.2, 0.25) is 0 Å². The van der Waals surface area contributed by atoms with Crippen molar-refractivity contribution in [2.45, 2.75) is 57.7 Å². The van der Waals surface area contributed by atoms with Crippen LogP contribution in [0, 0.1) is 0 Å². The van der Waals surface area contributed by atoms with Gasteiger partial charge in [0.25, 0.3) is 5.91 Å². The second-order valence-electron chi connectivity index (χ2n) is 8.97. The number of hydrogen-bond donors (Lipinski definition) is 1. The van der Waals surface area contributed by atoms with Crippen molar-refractivity contribution >= 4 is 29.2 Å². The number of carbonyl (C=O) groups is 3. The number of hydrogen-bond acceptors (Lipinski definition) is 4. The lowest BCUT2D eigenvalue weighted by Crippen LogP contribution is -2.51. The topological polar surface area (TPSA) is 69.7 Å². The van der Waals surface area contributed by atoms with Gasteiger partial charge in [0.1, 0.15) is 12.1 Å². The number of fused-ring (bicyclic) bond motifs is 2. The summed E-state index contributed by atoms with van der Waals surface area (Å²) in [5, 5.41) is 4.88. The molecule has 158 valence electrons. The van der Waals surface area contributed by atoms with Crippen LogP contribution in [0.5, 0.6) is 0 Å². The fraction of sp³-hybridized carbons (Fsp3) is 0.435. The highest BCUT2D eigenvalue weighted by atomic mass is 32.1. The van der Waals surface area contributed by atoms with Gasteiger partial charge in [-0.15, -0.1) is 11.3 Å². The van der Waals surface area contributed by atoms with Crippen molar-refractivity contribution in [2.24, 2.45) is 0 Å². The van der Waals surface area contributed by atoms with Gasteiger partial charge in [-0.05, 0) is 57.0 Å². The molecule has 30 heavy (non-hydrogen) atoms. The SMILES string of the molecule is CC(C)(C)N(Cc1ccccc1)C(=O)CN1C(=O)N[C@]2(CCCc3sccc32)C1=O. The number of rotatable bonds is 4. The summed E-state index contributed by atoms with van der Waals surface area (Å²) in [6.45, 7) is 6.04. The molecule has 1 aromatic carbocycles. The predicted octanol–water partition coefficient (Wildman–Crippen LogP) is 3.66. The Balaban J connectivity index is 1.57. The summed E-state index contributed by atoms with van der Waals surface area (Å²) in [5.74, 6) is -0.554. The van der Waals surface area contributed by atoms with E-state index in [0.29, 0.717) is 13.0 Å². The van der Waals surface area contributed by atoms with Gasteiger partial charge in [-0.25, -0.2) is 4.79 Å². The van der Waals surface area contributed by atoms with Crippen LogP contribution >= 0.6 is 11.3 Å². The van der Waals surface area contributed by atoms with Gasteiger partial charge in [-0.3, -0.25) is 14.5 Å². The van der Waals surface area contributed by atoms with Crippen LogP contribution in [0.3, 0.4) is 0 Å². The third-order valence-corrected chi connectivity index (χ3v) is 6.90. The number of aryl methyl sites for hydroxylation is 1. The summed E-state index contributed by atoms with van der Waals surface area (Å²) in [7, 11) is 0. The first-order valence-corrected chi connectivity index (χ1v) is 11.2. The summed E-state index contributed by atoms with van der Waals surface area (Å²) >= 11 is 1.62. The average molecular weight is 426 g/mol. The number of nitrogens with zero attached hydrogens (tertiary/aromatic N) is 2. The largest absolute Gasteiger partial charge is 0.332 e. The monoisotopic (exact) mass is 425 g/mol. The summed E-state index contributed by atoms with van der Waals surface area (Å²) in [4.78, 5) is 43.4. The molecular formula is C23H27N3O3S. The van der Waals surface area contributed by atoms with Crippen LogP contribution in [0.4, 0.5) is 4.79 Å². The van der Waals surface area contributed by atoms with Crippen LogP contribution in [0.25, 0.3) is 0 Å². The first-order chi connectivity index (χ1) is 14.2. The molecule has 0 unspecified atom stereocenters. The fourth-order valence-corrected chi connectivity index (χ4v) is 5.37. The maximum atomic E-state index is 13.4. The Morgan fingerprint density at radius 3 is 2.63 bits per heavy atom. The van der Waals surface area contributed by atoms with E-state index in [4.69, 9.17) is 0 Å². The van der Waals surface area contributed by atoms with Crippen LogP contribution in [-0.2, 0) is 28.1 Å². The molecule has 2 heterocycles. The average Bonchev–Trinajstić information content (AvgIpc) is 3.27. The molecule has 1 spiro atoms. The Morgan fingerprint density at radius 1 is 1.20 bits per heavy atom. The van der Waals surface area contributed by atoms with E-state index < -0.39 is 17.1 Å². The Morgan fingerprint density at radius 2 is 1.93 bits per heavy atom. The second-order valence-corrected chi connectivity index (χ2v) is 9.97. The number of urea groups is 1. The number of nitrogens with one attached hydrogen (secondary N) is 1. The number of imide groups is 1. The zero-order chi connectivity index (χ0) is 21.5. The molecule has 0 saturated carbocycles. The van der Waals surface area contributed by atoms with Crippen LogP contribution in [0.1, 0.15) is 49.6 Å². The van der Waals surface area contributed by atoms with Gasteiger partial charge in [0, 0.05) is 22.5 Å². The van der Waals surface area contributed by atoms with Crippen molar-refractivity contribution in [1.29, 1.82) is 0 Å². The standard InChI is InChI=1S/C23H27N3O3S/c1-22(2,3)26(14-16-8-5-4-6-9-16)19(27)15-25-20(28)23(24-21(25)29)12-7-10-18-17(23)11-13-30-18/h4-6,8-9,11,13H,7,10,12,14-15H2,1-3H3,(H,24,29)/t23-/m0/s1. The van der Waals surface area contributed by atoms with E-state index in [1.807, 2.05) is 62.5 Å². The summed E-state index contributed by atoms with van der Waals surface area (Å²) in [5.41, 5.74) is 0.431. The van der Waals surface area contributed by atoms with Crippen molar-refractivity contribution < 1.29 is 14.4 Å². The molecule has 0 radical (unpaired) electrons. The molecule has 4 rings (SSSR count). The van der Waals surface area contributed by atoms with Gasteiger partial charge in [-0.2, -0.15) is 0 Å². The predicted molar refractivity (Wildman–Crippen MR) is 116 cm³/mol. The Labute approximate surface area is 180 Å². The number of benzene rings is 1. The molecule has 1 atom stereocenters. The summed E-state index contributed by atoms with van der Waals surface area (Å²) < 4.78 is 0. The normalized spacial score (nSPS) is 21.0. The van der Waals surface area contributed by atoms with Crippen LogP contribution in [-0.4, -0.2) is 39.7 Å². The number of thiophene rings is 1. The molecule has 1 saturated heterocycles. The summed E-state index contributed by atoms with van der Waals surface area (Å²) in [6.07, 6.45) is 2.33. The van der Waals surface area contributed by atoms with Gasteiger partial charge in [-0.1, -0.05) is 30.3 Å². The summed E-state index contributed by atoms with van der Waals surface area (Å²) in [6, 6.07) is 11.2. The molecule has 7 heteroatoms. The van der Waals surface area contributed by atoms with E-state index in [2.05, 4.69) is 5.32 Å². The Hall–Kier alpha value is -2.67. The van der Waals surface area contributed by atoms with Crippen molar-refractivity contribution in [3.8, 4) is 0 Å². The third-order valence-electron chi connectivity index (χ3n) is 5.92. The van der Waals surface area contributed by atoms with Crippen LogP contribution in [0.15, 0.2) is 41.8 Å². The quantitative estimate of drug-likeness (QED) is 0.760. The van der Waals surface area contributed by atoms with Crippen molar-refractivity contribution in [1.82, 2.24) is 15.1 Å². The molecule has 1 N–H and O–H groups in total. The lowest BCUT2D eigenvalue weighted by Gasteiger charge is -2.37. The zero-order valence-corrected chi connectivity index (χ0v) is 18.4. The number of carbonyl (C=O) groups excluding carboxylic acids is 3. The zero-order valence-electron chi connectivity index (χ0n) is 17.6. The highest BCUT2D eigenvalue weighted by Gasteiger charge is 2.55. The van der Waals surface area contributed by atoms with Gasteiger partial charge in [0.2, 0.25) is 5.91 Å². The minimum absolute atomic E-state index is 0.242. The number of amides is 4. The molecule has 1 fully saturated rings. The lowest BCUT2D eigenvalue weighted by atomic mass is 9.80. The minimum Gasteiger partial charge on any atom is -0.332 e. The highest BCUT2D eigenvalue weighted by molar-refractivity contribution is 7.10. The highest BCUT2D eigenvalue weighted by Crippen LogP contribution is 2.42. The molecule has 2 aromatic rings. The molecule has 0 bridgehead atoms. The maximum Gasteiger partial charge on any atom is 0.325 e. The Bertz CT molecular complexity index is 979. The van der Waals surface area contributed by atoms with Gasteiger partial charge >= 0.3 is 6.03 Å². The molecule has 1 aliphatic carbocycles. The third kappa shape index (κ3) is 3.51. The van der Waals surface area contributed by atoms with E-state index in [9.17, 15) is 14.4 Å². The fourth-order valence-electron chi connectivity index (χ4n) is 4.37. The molecule has 2 aliphatic rings. The smallest absolute Gasteiger partial charge is 0.325 e. The van der Waals surface area contributed by atoms with Crippen LogP contribution < -0.4 is 5.32 Å². The first kappa shape index (κ1) is 20.6. The molecule has 1 aliphatic heterocycles. The Kier molecular flexibility index (Phi) is 5.18. The van der Waals surface area contributed by atoms with Gasteiger partial charge in [0.05, 0.1) is 0 Å². The van der Waals surface area contributed by atoms with Crippen molar-refractivity contribution in [2.75, 3.05) is 6.54 Å². The van der Waals surface area contributed by atoms with Crippen molar-refractivity contribution in [3.05, 3.63) is 57.8 Å².